The molecule has 120 valence electrons. The molecular weight excluding hydrogens is 334 g/mol. The zero-order valence-electron chi connectivity index (χ0n) is 13.1. The minimum absolute atomic E-state index is 0.357. The third kappa shape index (κ3) is 8.29. The first kappa shape index (κ1) is 18.3. The van der Waals surface area contributed by atoms with Crippen molar-refractivity contribution in [3.8, 4) is 5.75 Å². The average Bonchev–Trinajstić information content (AvgIpc) is 2.43. The molecule has 21 heavy (non-hydrogen) atoms. The Hall–Kier alpha value is -0.780. The van der Waals surface area contributed by atoms with E-state index >= 15 is 0 Å². The van der Waals surface area contributed by atoms with Crippen molar-refractivity contribution in [2.75, 3.05) is 32.2 Å². The van der Waals surface area contributed by atoms with Gasteiger partial charge >= 0.3 is 0 Å². The Labute approximate surface area is 136 Å². The number of rotatable bonds is 10. The molecule has 0 bridgehead atoms. The zero-order chi connectivity index (χ0) is 15.7. The monoisotopic (exact) mass is 359 g/mol. The molecule has 0 radical (unpaired) electrons. The molecule has 1 aromatic carbocycles. The normalized spacial score (nSPS) is 12.5. The Morgan fingerprint density at radius 1 is 1.29 bits per heavy atom. The van der Waals surface area contributed by atoms with Crippen LogP contribution < -0.4 is 10.1 Å². The predicted molar refractivity (Wildman–Crippen MR) is 90.1 cm³/mol. The van der Waals surface area contributed by atoms with Crippen LogP contribution in [0.25, 0.3) is 0 Å². The second-order valence-electron chi connectivity index (χ2n) is 5.53. The highest BCUT2D eigenvalue weighted by molar-refractivity contribution is 9.10. The van der Waals surface area contributed by atoms with E-state index in [4.69, 9.17) is 9.47 Å². The fraction of sp³-hybridized carbons (Fsp3) is 0.625. The number of hydrogen-bond acceptors (Lipinski definition) is 4. The van der Waals surface area contributed by atoms with E-state index < -0.39 is 6.10 Å². The highest BCUT2D eigenvalue weighted by Gasteiger charge is 2.06. The van der Waals surface area contributed by atoms with Crippen LogP contribution in [0.1, 0.15) is 26.7 Å². The van der Waals surface area contributed by atoms with Crippen LogP contribution in [-0.4, -0.2) is 38.1 Å². The fourth-order valence-electron chi connectivity index (χ4n) is 1.89. The van der Waals surface area contributed by atoms with Gasteiger partial charge in [0.2, 0.25) is 0 Å². The van der Waals surface area contributed by atoms with E-state index in [-0.39, 0.29) is 0 Å². The minimum Gasteiger partial charge on any atom is -0.497 e. The predicted octanol–water partition coefficient (Wildman–Crippen LogP) is 3.68. The molecule has 0 aliphatic heterocycles. The summed E-state index contributed by atoms with van der Waals surface area (Å²) >= 11 is 3.42. The van der Waals surface area contributed by atoms with Gasteiger partial charge in [0.1, 0.15) is 5.75 Å². The third-order valence-corrected chi connectivity index (χ3v) is 3.49. The minimum atomic E-state index is -0.519. The number of benzene rings is 1. The van der Waals surface area contributed by atoms with E-state index in [0.29, 0.717) is 25.7 Å². The Kier molecular flexibility index (Phi) is 8.73. The van der Waals surface area contributed by atoms with Crippen LogP contribution in [-0.2, 0) is 4.74 Å². The molecule has 0 aliphatic carbocycles. The topological polar surface area (TPSA) is 50.7 Å². The van der Waals surface area contributed by atoms with Crippen molar-refractivity contribution in [1.29, 1.82) is 0 Å². The van der Waals surface area contributed by atoms with E-state index in [1.807, 2.05) is 18.2 Å². The number of nitrogens with one attached hydrogen (secondary N) is 1. The molecule has 0 spiro atoms. The summed E-state index contributed by atoms with van der Waals surface area (Å²) < 4.78 is 11.6. The van der Waals surface area contributed by atoms with E-state index in [1.165, 1.54) is 0 Å². The standard InChI is InChI=1S/C16H26BrNO3/c1-12(2)5-4-6-21-11-15(19)10-18-14-7-13(17)8-16(9-14)20-3/h7-9,12,15,18-19H,4-6,10-11H2,1-3H3. The Morgan fingerprint density at radius 2 is 2.05 bits per heavy atom. The van der Waals surface area contributed by atoms with Crippen molar-refractivity contribution in [2.24, 2.45) is 5.92 Å². The van der Waals surface area contributed by atoms with Gasteiger partial charge in [0.25, 0.3) is 0 Å². The van der Waals surface area contributed by atoms with Gasteiger partial charge in [0.15, 0.2) is 0 Å². The van der Waals surface area contributed by atoms with Crippen molar-refractivity contribution in [3.63, 3.8) is 0 Å². The maximum atomic E-state index is 9.88. The van der Waals surface area contributed by atoms with Gasteiger partial charge in [-0.2, -0.15) is 0 Å². The van der Waals surface area contributed by atoms with Crippen molar-refractivity contribution >= 4 is 21.6 Å². The quantitative estimate of drug-likeness (QED) is 0.625. The number of methoxy groups -OCH3 is 1. The highest BCUT2D eigenvalue weighted by Crippen LogP contribution is 2.24. The van der Waals surface area contributed by atoms with E-state index in [2.05, 4.69) is 35.1 Å². The van der Waals surface area contributed by atoms with Gasteiger partial charge in [-0.3, -0.25) is 0 Å². The largest absolute Gasteiger partial charge is 0.497 e. The molecule has 0 heterocycles. The molecule has 1 aromatic rings. The molecule has 1 unspecified atom stereocenters. The number of aliphatic hydroxyl groups excluding tert-OH is 1. The summed E-state index contributed by atoms with van der Waals surface area (Å²) in [6, 6.07) is 5.72. The van der Waals surface area contributed by atoms with Gasteiger partial charge in [-0.25, -0.2) is 0 Å². The second kappa shape index (κ2) is 10.0. The van der Waals surface area contributed by atoms with Crippen molar-refractivity contribution in [1.82, 2.24) is 0 Å². The van der Waals surface area contributed by atoms with Crippen LogP contribution in [0.3, 0.4) is 0 Å². The summed E-state index contributed by atoms with van der Waals surface area (Å²) in [6.45, 7) is 5.91. The van der Waals surface area contributed by atoms with Crippen molar-refractivity contribution in [3.05, 3.63) is 22.7 Å². The smallest absolute Gasteiger partial charge is 0.122 e. The Morgan fingerprint density at radius 3 is 2.71 bits per heavy atom. The lowest BCUT2D eigenvalue weighted by Crippen LogP contribution is -2.25. The number of halogens is 1. The maximum absolute atomic E-state index is 9.88. The lowest BCUT2D eigenvalue weighted by molar-refractivity contribution is 0.0409. The molecule has 0 amide bonds. The molecule has 1 rings (SSSR count). The highest BCUT2D eigenvalue weighted by atomic mass is 79.9. The number of anilines is 1. The molecule has 0 saturated carbocycles. The van der Waals surface area contributed by atoms with Gasteiger partial charge in [-0.05, 0) is 30.9 Å². The van der Waals surface area contributed by atoms with Crippen molar-refractivity contribution < 1.29 is 14.6 Å². The molecule has 0 fully saturated rings. The molecule has 2 N–H and O–H groups in total. The molecular formula is C16H26BrNO3. The van der Waals surface area contributed by atoms with Crippen LogP contribution in [0.5, 0.6) is 5.75 Å². The van der Waals surface area contributed by atoms with Gasteiger partial charge in [0.05, 0.1) is 19.8 Å². The van der Waals surface area contributed by atoms with Gasteiger partial charge in [-0.15, -0.1) is 0 Å². The van der Waals surface area contributed by atoms with Crippen LogP contribution in [0.4, 0.5) is 5.69 Å². The molecule has 0 saturated heterocycles. The summed E-state index contributed by atoms with van der Waals surface area (Å²) in [4.78, 5) is 0. The lowest BCUT2D eigenvalue weighted by Gasteiger charge is -2.14. The summed E-state index contributed by atoms with van der Waals surface area (Å²) in [5.74, 6) is 1.47. The first-order valence-electron chi connectivity index (χ1n) is 7.35. The summed E-state index contributed by atoms with van der Waals surface area (Å²) in [5.41, 5.74) is 0.903. The number of ether oxygens (including phenoxy) is 2. The van der Waals surface area contributed by atoms with E-state index in [9.17, 15) is 5.11 Å². The molecule has 5 heteroatoms. The maximum Gasteiger partial charge on any atom is 0.122 e. The zero-order valence-corrected chi connectivity index (χ0v) is 14.6. The van der Waals surface area contributed by atoms with Gasteiger partial charge < -0.3 is 19.9 Å². The molecule has 0 aromatic heterocycles. The van der Waals surface area contributed by atoms with Gasteiger partial charge in [0, 0.05) is 29.4 Å². The second-order valence-corrected chi connectivity index (χ2v) is 6.44. The first-order chi connectivity index (χ1) is 10.0. The number of hydrogen-bond donors (Lipinski definition) is 2. The number of aliphatic hydroxyl groups is 1. The Balaban J connectivity index is 2.23. The van der Waals surface area contributed by atoms with Crippen LogP contribution in [0.15, 0.2) is 22.7 Å². The lowest BCUT2D eigenvalue weighted by atomic mass is 10.1. The average molecular weight is 360 g/mol. The van der Waals surface area contributed by atoms with Gasteiger partial charge in [-0.1, -0.05) is 29.8 Å². The van der Waals surface area contributed by atoms with Crippen LogP contribution in [0, 0.1) is 5.92 Å². The molecule has 0 aliphatic rings. The SMILES string of the molecule is COc1cc(Br)cc(NCC(O)COCCCC(C)C)c1. The van der Waals surface area contributed by atoms with Crippen LogP contribution in [0.2, 0.25) is 0 Å². The Bertz CT molecular complexity index is 413. The fourth-order valence-corrected chi connectivity index (χ4v) is 2.36. The summed E-state index contributed by atoms with van der Waals surface area (Å²) in [7, 11) is 1.63. The van der Waals surface area contributed by atoms with E-state index in [0.717, 1.165) is 28.8 Å². The van der Waals surface area contributed by atoms with Crippen molar-refractivity contribution in [2.45, 2.75) is 32.8 Å². The summed E-state index contributed by atoms with van der Waals surface area (Å²) in [6.07, 6.45) is 1.68. The molecule has 1 atom stereocenters. The van der Waals surface area contributed by atoms with E-state index in [1.54, 1.807) is 7.11 Å². The first-order valence-corrected chi connectivity index (χ1v) is 8.14. The summed E-state index contributed by atoms with van der Waals surface area (Å²) in [5, 5.41) is 13.1. The molecule has 4 nitrogen and oxygen atoms in total. The van der Waals surface area contributed by atoms with Crippen LogP contribution >= 0.6 is 15.9 Å². The third-order valence-electron chi connectivity index (χ3n) is 3.03.